The van der Waals surface area contributed by atoms with Crippen molar-refractivity contribution in [2.45, 2.75) is 27.7 Å². The topological polar surface area (TPSA) is 58.9 Å². The summed E-state index contributed by atoms with van der Waals surface area (Å²) in [7, 11) is 0. The standard InChI is InChI=1S/C19H19NO3S2/c1-5-23-19(22)15-10(2)12(4)24-18(15)20-11(3)17-16(21)13-8-6-7-9-14(13)25-17/h6-9,21H,5H2,1-4H3/b20-11+. The predicted octanol–water partition coefficient (Wildman–Crippen LogP) is 5.60. The van der Waals surface area contributed by atoms with Crippen LogP contribution in [0, 0.1) is 13.8 Å². The van der Waals surface area contributed by atoms with Gasteiger partial charge in [0.25, 0.3) is 0 Å². The lowest BCUT2D eigenvalue weighted by Crippen LogP contribution is -2.05. The first-order valence-corrected chi connectivity index (χ1v) is 9.60. The van der Waals surface area contributed by atoms with E-state index in [1.807, 2.05) is 45.0 Å². The second-order valence-electron chi connectivity index (χ2n) is 5.66. The normalized spacial score (nSPS) is 11.9. The molecule has 0 aliphatic heterocycles. The van der Waals surface area contributed by atoms with Crippen LogP contribution < -0.4 is 0 Å². The lowest BCUT2D eigenvalue weighted by molar-refractivity contribution is 0.0527. The first-order valence-electron chi connectivity index (χ1n) is 7.97. The summed E-state index contributed by atoms with van der Waals surface area (Å²) in [5.74, 6) is -0.110. The Bertz CT molecular complexity index is 982. The van der Waals surface area contributed by atoms with Gasteiger partial charge in [-0.3, -0.25) is 0 Å². The molecule has 0 aliphatic rings. The van der Waals surface area contributed by atoms with E-state index in [9.17, 15) is 9.90 Å². The molecule has 0 atom stereocenters. The fourth-order valence-electron chi connectivity index (χ4n) is 2.61. The van der Waals surface area contributed by atoms with E-state index in [4.69, 9.17) is 4.74 Å². The number of ether oxygens (including phenoxy) is 1. The first-order chi connectivity index (χ1) is 11.9. The van der Waals surface area contributed by atoms with E-state index in [1.54, 1.807) is 6.92 Å². The van der Waals surface area contributed by atoms with E-state index in [1.165, 1.54) is 22.7 Å². The van der Waals surface area contributed by atoms with Crippen LogP contribution in [0.3, 0.4) is 0 Å². The Hall–Kier alpha value is -2.18. The Morgan fingerprint density at radius 3 is 2.64 bits per heavy atom. The number of rotatable bonds is 4. The van der Waals surface area contributed by atoms with Gasteiger partial charge in [0.2, 0.25) is 0 Å². The van der Waals surface area contributed by atoms with Crippen molar-refractivity contribution < 1.29 is 14.6 Å². The molecule has 0 spiro atoms. The summed E-state index contributed by atoms with van der Waals surface area (Å²) >= 11 is 2.96. The van der Waals surface area contributed by atoms with E-state index < -0.39 is 0 Å². The minimum absolute atomic E-state index is 0.240. The van der Waals surface area contributed by atoms with Gasteiger partial charge in [0.1, 0.15) is 10.8 Å². The molecule has 3 rings (SSSR count). The van der Waals surface area contributed by atoms with Gasteiger partial charge in [0.15, 0.2) is 0 Å². The maximum atomic E-state index is 12.3. The Balaban J connectivity index is 2.09. The molecule has 0 fully saturated rings. The van der Waals surface area contributed by atoms with Crippen molar-refractivity contribution in [2.24, 2.45) is 4.99 Å². The minimum Gasteiger partial charge on any atom is -0.506 e. The van der Waals surface area contributed by atoms with E-state index in [0.29, 0.717) is 22.9 Å². The van der Waals surface area contributed by atoms with Gasteiger partial charge in [0, 0.05) is 15.0 Å². The molecule has 3 aromatic rings. The van der Waals surface area contributed by atoms with Crippen LogP contribution in [0.1, 0.15) is 39.5 Å². The number of hydrogen-bond donors (Lipinski definition) is 1. The van der Waals surface area contributed by atoms with Crippen LogP contribution in [-0.2, 0) is 4.74 Å². The molecular weight excluding hydrogens is 354 g/mol. The van der Waals surface area contributed by atoms with Gasteiger partial charge >= 0.3 is 5.97 Å². The van der Waals surface area contributed by atoms with Gasteiger partial charge in [-0.25, -0.2) is 9.79 Å². The maximum Gasteiger partial charge on any atom is 0.341 e. The van der Waals surface area contributed by atoms with Gasteiger partial charge in [-0.05, 0) is 45.4 Å². The fraction of sp³-hybridized carbons (Fsp3) is 0.263. The lowest BCUT2D eigenvalue weighted by atomic mass is 10.1. The third-order valence-corrected chi connectivity index (χ3v) is 6.38. The summed E-state index contributed by atoms with van der Waals surface area (Å²) in [6.07, 6.45) is 0. The summed E-state index contributed by atoms with van der Waals surface area (Å²) in [5, 5.41) is 11.9. The van der Waals surface area contributed by atoms with E-state index in [2.05, 4.69) is 4.99 Å². The summed E-state index contributed by atoms with van der Waals surface area (Å²) in [6, 6.07) is 7.71. The largest absolute Gasteiger partial charge is 0.506 e. The molecular formula is C19H19NO3S2. The number of aryl methyl sites for hydroxylation is 1. The summed E-state index contributed by atoms with van der Waals surface area (Å²) in [4.78, 5) is 18.7. The number of esters is 1. The van der Waals surface area contributed by atoms with E-state index >= 15 is 0 Å². The molecule has 2 heterocycles. The summed E-state index contributed by atoms with van der Waals surface area (Å²) in [6.45, 7) is 7.84. The molecule has 6 heteroatoms. The Labute approximate surface area is 154 Å². The second-order valence-corrected chi connectivity index (χ2v) is 7.91. The number of thiophene rings is 2. The molecule has 25 heavy (non-hydrogen) atoms. The molecule has 0 bridgehead atoms. The molecule has 4 nitrogen and oxygen atoms in total. The highest BCUT2D eigenvalue weighted by atomic mass is 32.1. The quantitative estimate of drug-likeness (QED) is 0.478. The van der Waals surface area contributed by atoms with E-state index in [-0.39, 0.29) is 11.7 Å². The molecule has 2 aromatic heterocycles. The third kappa shape index (κ3) is 3.19. The SMILES string of the molecule is CCOC(=O)c1c(/N=C(\C)c2sc3ccccc3c2O)sc(C)c1C. The molecule has 130 valence electrons. The Kier molecular flexibility index (Phi) is 4.92. The van der Waals surface area contributed by atoms with Crippen LogP contribution in [0.25, 0.3) is 10.1 Å². The van der Waals surface area contributed by atoms with Crippen LogP contribution in [0.5, 0.6) is 5.75 Å². The predicted molar refractivity (Wildman–Crippen MR) is 105 cm³/mol. The zero-order valence-electron chi connectivity index (χ0n) is 14.5. The van der Waals surface area contributed by atoms with Crippen molar-refractivity contribution in [2.75, 3.05) is 6.61 Å². The molecule has 0 saturated carbocycles. The number of carbonyl (C=O) groups excluding carboxylic acids is 1. The maximum absolute atomic E-state index is 12.3. The first kappa shape index (κ1) is 17.6. The minimum atomic E-state index is -0.350. The van der Waals surface area contributed by atoms with Crippen molar-refractivity contribution in [3.05, 3.63) is 45.1 Å². The average molecular weight is 373 g/mol. The molecule has 0 saturated heterocycles. The molecule has 1 aromatic carbocycles. The fourth-order valence-corrected chi connectivity index (χ4v) is 4.72. The van der Waals surface area contributed by atoms with E-state index in [0.717, 1.165) is 25.4 Å². The number of fused-ring (bicyclic) bond motifs is 1. The van der Waals surface area contributed by atoms with Gasteiger partial charge < -0.3 is 9.84 Å². The van der Waals surface area contributed by atoms with Crippen LogP contribution in [0.2, 0.25) is 0 Å². The number of hydrogen-bond acceptors (Lipinski definition) is 6. The highest BCUT2D eigenvalue weighted by Gasteiger charge is 2.21. The number of nitrogens with zero attached hydrogens (tertiary/aromatic N) is 1. The highest BCUT2D eigenvalue weighted by Crippen LogP contribution is 2.40. The van der Waals surface area contributed by atoms with Crippen LogP contribution in [0.15, 0.2) is 29.3 Å². The van der Waals surface area contributed by atoms with Gasteiger partial charge in [-0.2, -0.15) is 0 Å². The van der Waals surface area contributed by atoms with Gasteiger partial charge in [0.05, 0.1) is 22.8 Å². The second kappa shape index (κ2) is 6.98. The summed E-state index contributed by atoms with van der Waals surface area (Å²) in [5.41, 5.74) is 2.10. The Morgan fingerprint density at radius 2 is 1.96 bits per heavy atom. The van der Waals surface area contributed by atoms with Gasteiger partial charge in [-0.1, -0.05) is 12.1 Å². The van der Waals surface area contributed by atoms with Crippen LogP contribution in [-0.4, -0.2) is 23.4 Å². The lowest BCUT2D eigenvalue weighted by Gasteiger charge is -2.03. The van der Waals surface area contributed by atoms with Gasteiger partial charge in [-0.15, -0.1) is 22.7 Å². The number of aromatic hydroxyl groups is 1. The zero-order chi connectivity index (χ0) is 18.1. The number of carbonyl (C=O) groups is 1. The molecule has 0 unspecified atom stereocenters. The van der Waals surface area contributed by atoms with Crippen LogP contribution >= 0.6 is 22.7 Å². The molecule has 0 radical (unpaired) electrons. The smallest absolute Gasteiger partial charge is 0.341 e. The van der Waals surface area contributed by atoms with Crippen molar-refractivity contribution in [1.82, 2.24) is 0 Å². The molecule has 0 amide bonds. The van der Waals surface area contributed by atoms with Crippen molar-refractivity contribution in [3.8, 4) is 5.75 Å². The van der Waals surface area contributed by atoms with Crippen molar-refractivity contribution >= 4 is 49.4 Å². The van der Waals surface area contributed by atoms with Crippen molar-refractivity contribution in [1.29, 1.82) is 0 Å². The summed E-state index contributed by atoms with van der Waals surface area (Å²) < 4.78 is 6.18. The number of aliphatic imine (C=N–C) groups is 1. The third-order valence-electron chi connectivity index (χ3n) is 4.01. The van der Waals surface area contributed by atoms with Crippen LogP contribution in [0.4, 0.5) is 5.00 Å². The molecule has 1 N–H and O–H groups in total. The Morgan fingerprint density at radius 1 is 1.24 bits per heavy atom. The molecule has 0 aliphatic carbocycles. The number of benzene rings is 1. The van der Waals surface area contributed by atoms with Crippen molar-refractivity contribution in [3.63, 3.8) is 0 Å². The average Bonchev–Trinajstić information content (AvgIpc) is 3.06. The monoisotopic (exact) mass is 373 g/mol. The zero-order valence-corrected chi connectivity index (χ0v) is 16.2. The highest BCUT2D eigenvalue weighted by molar-refractivity contribution is 7.21.